The average molecular weight is 346 g/mol. The minimum Gasteiger partial charge on any atom is -0.497 e. The Balaban J connectivity index is 1.98. The second-order valence-corrected chi connectivity index (χ2v) is 5.90. The van der Waals surface area contributed by atoms with Crippen LogP contribution in [0.15, 0.2) is 59.5 Å². The van der Waals surface area contributed by atoms with Crippen LogP contribution in [0.5, 0.6) is 5.75 Å². The second-order valence-electron chi connectivity index (χ2n) is 5.90. The smallest absolute Gasteiger partial charge is 0.273 e. The minimum absolute atomic E-state index is 0.162. The number of nitrogens with one attached hydrogen (secondary N) is 1. The lowest BCUT2D eigenvalue weighted by Gasteiger charge is -2.05. The van der Waals surface area contributed by atoms with Crippen LogP contribution in [0.2, 0.25) is 0 Å². The van der Waals surface area contributed by atoms with E-state index in [4.69, 9.17) is 9.72 Å². The van der Waals surface area contributed by atoms with Gasteiger partial charge in [0.15, 0.2) is 5.65 Å². The van der Waals surface area contributed by atoms with Gasteiger partial charge in [0.05, 0.1) is 18.5 Å². The van der Waals surface area contributed by atoms with E-state index in [1.165, 1.54) is 10.6 Å². The molecule has 1 N–H and O–H groups in total. The van der Waals surface area contributed by atoms with Gasteiger partial charge >= 0.3 is 0 Å². The normalized spacial score (nSPS) is 11.0. The van der Waals surface area contributed by atoms with Gasteiger partial charge in [-0.3, -0.25) is 14.9 Å². The molecule has 0 amide bonds. The molecule has 4 aromatic rings. The van der Waals surface area contributed by atoms with Crippen molar-refractivity contribution in [3.8, 4) is 28.3 Å². The Morgan fingerprint density at radius 3 is 2.58 bits per heavy atom. The summed E-state index contributed by atoms with van der Waals surface area (Å²) in [7, 11) is 1.64. The van der Waals surface area contributed by atoms with Gasteiger partial charge in [0.25, 0.3) is 5.56 Å². The fourth-order valence-corrected chi connectivity index (χ4v) is 3.05. The van der Waals surface area contributed by atoms with Crippen LogP contribution < -0.4 is 10.3 Å². The summed E-state index contributed by atoms with van der Waals surface area (Å²) in [6, 6.07) is 14.8. The van der Waals surface area contributed by atoms with Crippen LogP contribution >= 0.6 is 0 Å². The lowest BCUT2D eigenvalue weighted by molar-refractivity contribution is 0.415. The Labute approximate surface area is 150 Å². The number of hydrogen-bond donors (Lipinski definition) is 1. The van der Waals surface area contributed by atoms with E-state index in [0.29, 0.717) is 17.0 Å². The Morgan fingerprint density at radius 2 is 1.92 bits per heavy atom. The van der Waals surface area contributed by atoms with Gasteiger partial charge in [-0.05, 0) is 36.2 Å². The largest absolute Gasteiger partial charge is 0.497 e. The van der Waals surface area contributed by atoms with Crippen LogP contribution in [-0.2, 0) is 6.42 Å². The molecule has 3 aromatic heterocycles. The van der Waals surface area contributed by atoms with Crippen molar-refractivity contribution in [3.05, 3.63) is 70.8 Å². The lowest BCUT2D eigenvalue weighted by atomic mass is 10.0. The molecule has 0 aliphatic carbocycles. The van der Waals surface area contributed by atoms with Gasteiger partial charge < -0.3 is 4.74 Å². The summed E-state index contributed by atoms with van der Waals surface area (Å²) in [6.07, 6.45) is 2.45. The van der Waals surface area contributed by atoms with Crippen molar-refractivity contribution in [2.75, 3.05) is 7.11 Å². The molecule has 0 spiro atoms. The molecule has 4 rings (SSSR count). The maximum atomic E-state index is 12.6. The predicted octanol–water partition coefficient (Wildman–Crippen LogP) is 3.32. The Hall–Kier alpha value is -3.41. The van der Waals surface area contributed by atoms with E-state index in [2.05, 4.69) is 10.1 Å². The zero-order chi connectivity index (χ0) is 18.1. The molecule has 130 valence electrons. The molecule has 0 aliphatic heterocycles. The second kappa shape index (κ2) is 6.48. The first-order valence-electron chi connectivity index (χ1n) is 8.41. The number of pyridine rings is 1. The Kier molecular flexibility index (Phi) is 4.01. The Bertz CT molecular complexity index is 1110. The van der Waals surface area contributed by atoms with E-state index in [9.17, 15) is 4.79 Å². The van der Waals surface area contributed by atoms with Crippen molar-refractivity contribution < 1.29 is 4.74 Å². The van der Waals surface area contributed by atoms with Crippen molar-refractivity contribution in [2.24, 2.45) is 0 Å². The monoisotopic (exact) mass is 346 g/mol. The van der Waals surface area contributed by atoms with E-state index < -0.39 is 0 Å². The first kappa shape index (κ1) is 16.1. The highest BCUT2D eigenvalue weighted by atomic mass is 16.5. The SMILES string of the molecule is CCc1[nH]n2c(=O)cc(-c3ccccn3)nc2c1-c1ccc(OC)cc1. The van der Waals surface area contributed by atoms with Crippen LogP contribution in [0, 0.1) is 0 Å². The molecule has 0 bridgehead atoms. The number of H-pyrrole nitrogens is 1. The highest BCUT2D eigenvalue weighted by Gasteiger charge is 2.17. The topological polar surface area (TPSA) is 72.3 Å². The molecule has 0 saturated heterocycles. The number of hydrogen-bond acceptors (Lipinski definition) is 4. The summed E-state index contributed by atoms with van der Waals surface area (Å²) in [4.78, 5) is 21.7. The number of fused-ring (bicyclic) bond motifs is 1. The number of methoxy groups -OCH3 is 1. The number of rotatable bonds is 4. The molecule has 0 aliphatic rings. The minimum atomic E-state index is -0.162. The van der Waals surface area contributed by atoms with Crippen molar-refractivity contribution >= 4 is 5.65 Å². The van der Waals surface area contributed by atoms with Gasteiger partial charge in [-0.25, -0.2) is 9.50 Å². The lowest BCUT2D eigenvalue weighted by Crippen LogP contribution is -2.14. The first-order chi connectivity index (χ1) is 12.7. The molecule has 0 atom stereocenters. The summed E-state index contributed by atoms with van der Waals surface area (Å²) in [5, 5.41) is 3.18. The van der Waals surface area contributed by atoms with Crippen LogP contribution in [0.4, 0.5) is 0 Å². The molecular formula is C20H18N4O2. The number of nitrogens with zero attached hydrogens (tertiary/aromatic N) is 3. The molecule has 0 fully saturated rings. The van der Waals surface area contributed by atoms with E-state index >= 15 is 0 Å². The molecule has 0 saturated carbocycles. The van der Waals surface area contributed by atoms with Gasteiger partial charge in [-0.1, -0.05) is 25.1 Å². The predicted molar refractivity (Wildman–Crippen MR) is 100 cm³/mol. The van der Waals surface area contributed by atoms with Crippen LogP contribution in [0.1, 0.15) is 12.6 Å². The molecule has 6 heteroatoms. The highest BCUT2D eigenvalue weighted by molar-refractivity contribution is 5.81. The summed E-state index contributed by atoms with van der Waals surface area (Å²) < 4.78 is 6.73. The molecule has 6 nitrogen and oxygen atoms in total. The maximum absolute atomic E-state index is 12.6. The Morgan fingerprint density at radius 1 is 1.12 bits per heavy atom. The van der Waals surface area contributed by atoms with Gasteiger partial charge in [0.2, 0.25) is 0 Å². The fourth-order valence-electron chi connectivity index (χ4n) is 3.05. The van der Waals surface area contributed by atoms with E-state index in [-0.39, 0.29) is 5.56 Å². The molecule has 0 unspecified atom stereocenters. The number of aromatic amines is 1. The van der Waals surface area contributed by atoms with Gasteiger partial charge in [-0.2, -0.15) is 0 Å². The molecule has 26 heavy (non-hydrogen) atoms. The van der Waals surface area contributed by atoms with Crippen LogP contribution in [0.25, 0.3) is 28.2 Å². The fraction of sp³-hybridized carbons (Fsp3) is 0.150. The van der Waals surface area contributed by atoms with Crippen molar-refractivity contribution in [3.63, 3.8) is 0 Å². The summed E-state index contributed by atoms with van der Waals surface area (Å²) in [5.41, 5.74) is 4.53. The zero-order valence-electron chi connectivity index (χ0n) is 14.6. The number of aromatic nitrogens is 4. The maximum Gasteiger partial charge on any atom is 0.273 e. The van der Waals surface area contributed by atoms with Gasteiger partial charge in [-0.15, -0.1) is 0 Å². The summed E-state index contributed by atoms with van der Waals surface area (Å²) in [5.74, 6) is 0.783. The molecule has 1 aromatic carbocycles. The van der Waals surface area contributed by atoms with Gasteiger partial charge in [0, 0.05) is 23.5 Å². The molecule has 3 heterocycles. The third-order valence-electron chi connectivity index (χ3n) is 4.35. The number of ether oxygens (including phenoxy) is 1. The van der Waals surface area contributed by atoms with E-state index in [1.54, 1.807) is 13.3 Å². The van der Waals surface area contributed by atoms with E-state index in [0.717, 1.165) is 29.0 Å². The van der Waals surface area contributed by atoms with Gasteiger partial charge in [0.1, 0.15) is 5.75 Å². The first-order valence-corrected chi connectivity index (χ1v) is 8.41. The number of benzene rings is 1. The summed E-state index contributed by atoms with van der Waals surface area (Å²) in [6.45, 7) is 2.04. The molecular weight excluding hydrogens is 328 g/mol. The van der Waals surface area contributed by atoms with E-state index in [1.807, 2.05) is 49.4 Å². The quantitative estimate of drug-likeness (QED) is 0.615. The molecule has 0 radical (unpaired) electrons. The third-order valence-corrected chi connectivity index (χ3v) is 4.35. The third kappa shape index (κ3) is 2.65. The summed E-state index contributed by atoms with van der Waals surface area (Å²) >= 11 is 0. The number of aryl methyl sites for hydroxylation is 1. The average Bonchev–Trinajstić information content (AvgIpc) is 3.08. The highest BCUT2D eigenvalue weighted by Crippen LogP contribution is 2.29. The zero-order valence-corrected chi connectivity index (χ0v) is 14.6. The standard InChI is InChI=1S/C20H18N4O2/c1-3-15-19(13-7-9-14(26-2)10-8-13)20-22-17(12-18(25)24(20)23-15)16-6-4-5-11-21-16/h4-12,23H,3H2,1-2H3. The van der Waals surface area contributed by atoms with Crippen molar-refractivity contribution in [1.29, 1.82) is 0 Å². The van der Waals surface area contributed by atoms with Crippen molar-refractivity contribution in [1.82, 2.24) is 19.6 Å². The van der Waals surface area contributed by atoms with Crippen LogP contribution in [-0.4, -0.2) is 26.7 Å². The van der Waals surface area contributed by atoms with Crippen molar-refractivity contribution in [2.45, 2.75) is 13.3 Å². The van der Waals surface area contributed by atoms with Crippen LogP contribution in [0.3, 0.4) is 0 Å².